The Kier molecular flexibility index (Phi) is 2.44. The molecule has 15 heavy (non-hydrogen) atoms. The molecule has 0 unspecified atom stereocenters. The fraction of sp³-hybridized carbons (Fsp3) is 0.273. The van der Waals surface area contributed by atoms with E-state index in [4.69, 9.17) is 12.2 Å². The Morgan fingerprint density at radius 3 is 2.87 bits per heavy atom. The largest absolute Gasteiger partial charge is 0.379 e. The maximum atomic E-state index is 5.18. The van der Waals surface area contributed by atoms with Crippen molar-refractivity contribution in [1.82, 2.24) is 14.9 Å². The second-order valence-electron chi connectivity index (χ2n) is 3.50. The van der Waals surface area contributed by atoms with Gasteiger partial charge in [-0.25, -0.2) is 4.98 Å². The number of fused-ring (bicyclic) bond motifs is 1. The first-order chi connectivity index (χ1) is 7.13. The summed E-state index contributed by atoms with van der Waals surface area (Å²) in [6, 6.07) is 6.08. The molecule has 0 spiro atoms. The number of hydrogen-bond acceptors (Lipinski definition) is 2. The Bertz CT molecular complexity index is 528. The summed E-state index contributed by atoms with van der Waals surface area (Å²) in [6.07, 6.45) is 0. The van der Waals surface area contributed by atoms with Crippen LogP contribution in [0.15, 0.2) is 18.2 Å². The third-order valence-corrected chi connectivity index (χ3v) is 3.03. The minimum atomic E-state index is 0.750. The van der Waals surface area contributed by atoms with Gasteiger partial charge < -0.3 is 9.88 Å². The van der Waals surface area contributed by atoms with E-state index >= 15 is 0 Å². The Morgan fingerprint density at radius 2 is 2.20 bits per heavy atom. The van der Waals surface area contributed by atoms with Crippen LogP contribution in [0.1, 0.15) is 11.4 Å². The van der Waals surface area contributed by atoms with Crippen LogP contribution < -0.4 is 5.32 Å². The summed E-state index contributed by atoms with van der Waals surface area (Å²) >= 11 is 5.18. The van der Waals surface area contributed by atoms with Gasteiger partial charge in [-0.05, 0) is 25.1 Å². The van der Waals surface area contributed by atoms with Crippen LogP contribution in [0.3, 0.4) is 0 Å². The number of nitrogens with zero attached hydrogens (tertiary/aromatic N) is 2. The number of imidazole rings is 1. The van der Waals surface area contributed by atoms with E-state index in [9.17, 15) is 0 Å². The van der Waals surface area contributed by atoms with Crippen molar-refractivity contribution < 1.29 is 0 Å². The first-order valence-electron chi connectivity index (χ1n) is 4.78. The summed E-state index contributed by atoms with van der Waals surface area (Å²) in [7, 11) is 3.84. The summed E-state index contributed by atoms with van der Waals surface area (Å²) < 4.78 is 2.07. The summed E-state index contributed by atoms with van der Waals surface area (Å²) in [5.41, 5.74) is 3.14. The molecular weight excluding hydrogens is 206 g/mol. The number of aromatic nitrogens is 2. The lowest BCUT2D eigenvalue weighted by Gasteiger charge is -2.02. The van der Waals surface area contributed by atoms with Gasteiger partial charge in [-0.15, -0.1) is 0 Å². The SMILES string of the molecule is CNC(=S)c1ccc2c(c1)nc(C)n2C. The Labute approximate surface area is 94.1 Å². The molecule has 0 aliphatic heterocycles. The zero-order valence-corrected chi connectivity index (χ0v) is 9.85. The van der Waals surface area contributed by atoms with Crippen LogP contribution in [-0.2, 0) is 7.05 Å². The first kappa shape index (κ1) is 10.1. The molecule has 3 nitrogen and oxygen atoms in total. The maximum Gasteiger partial charge on any atom is 0.106 e. The number of hydrogen-bond donors (Lipinski definition) is 1. The molecule has 0 bridgehead atoms. The van der Waals surface area contributed by atoms with E-state index in [1.54, 1.807) is 0 Å². The molecule has 1 N–H and O–H groups in total. The fourth-order valence-corrected chi connectivity index (χ4v) is 1.73. The van der Waals surface area contributed by atoms with Crippen LogP contribution in [0, 0.1) is 6.92 Å². The van der Waals surface area contributed by atoms with Gasteiger partial charge in [0.1, 0.15) is 10.8 Å². The molecule has 0 aliphatic rings. The van der Waals surface area contributed by atoms with Crippen molar-refractivity contribution in [3.63, 3.8) is 0 Å². The summed E-state index contributed by atoms with van der Waals surface area (Å²) in [6.45, 7) is 2.00. The monoisotopic (exact) mass is 219 g/mol. The van der Waals surface area contributed by atoms with Crippen molar-refractivity contribution in [1.29, 1.82) is 0 Å². The van der Waals surface area contributed by atoms with E-state index in [0.717, 1.165) is 27.4 Å². The van der Waals surface area contributed by atoms with E-state index in [0.29, 0.717) is 0 Å². The van der Waals surface area contributed by atoms with Gasteiger partial charge >= 0.3 is 0 Å². The molecule has 2 aromatic rings. The van der Waals surface area contributed by atoms with Gasteiger partial charge in [0.05, 0.1) is 11.0 Å². The molecule has 1 aromatic carbocycles. The minimum absolute atomic E-state index is 0.750. The van der Waals surface area contributed by atoms with Crippen LogP contribution in [0.4, 0.5) is 0 Å². The fourth-order valence-electron chi connectivity index (χ4n) is 1.61. The van der Waals surface area contributed by atoms with Gasteiger partial charge in [0.25, 0.3) is 0 Å². The number of benzene rings is 1. The highest BCUT2D eigenvalue weighted by atomic mass is 32.1. The summed E-state index contributed by atoms with van der Waals surface area (Å²) in [5, 5.41) is 2.96. The van der Waals surface area contributed by atoms with E-state index < -0.39 is 0 Å². The van der Waals surface area contributed by atoms with Crippen LogP contribution in [0.2, 0.25) is 0 Å². The third-order valence-electron chi connectivity index (χ3n) is 2.59. The number of rotatable bonds is 1. The van der Waals surface area contributed by atoms with Crippen molar-refractivity contribution in [2.75, 3.05) is 7.05 Å². The molecule has 0 saturated carbocycles. The van der Waals surface area contributed by atoms with Crippen LogP contribution in [0.5, 0.6) is 0 Å². The zero-order chi connectivity index (χ0) is 11.0. The molecule has 0 atom stereocenters. The molecule has 0 radical (unpaired) electrons. The quantitative estimate of drug-likeness (QED) is 0.741. The van der Waals surface area contributed by atoms with Gasteiger partial charge in [0.2, 0.25) is 0 Å². The molecule has 0 saturated heterocycles. The molecule has 0 aliphatic carbocycles. The van der Waals surface area contributed by atoms with Gasteiger partial charge in [0, 0.05) is 19.7 Å². The van der Waals surface area contributed by atoms with Crippen molar-refractivity contribution in [3.05, 3.63) is 29.6 Å². The highest BCUT2D eigenvalue weighted by Gasteiger charge is 2.06. The molecule has 2 rings (SSSR count). The summed E-state index contributed by atoms with van der Waals surface area (Å²) in [5.74, 6) is 1.01. The highest BCUT2D eigenvalue weighted by molar-refractivity contribution is 7.80. The molecular formula is C11H13N3S. The van der Waals surface area contributed by atoms with E-state index in [-0.39, 0.29) is 0 Å². The summed E-state index contributed by atoms with van der Waals surface area (Å²) in [4.78, 5) is 5.22. The third kappa shape index (κ3) is 1.61. The average molecular weight is 219 g/mol. The average Bonchev–Trinajstić information content (AvgIpc) is 2.53. The second kappa shape index (κ2) is 3.62. The predicted molar refractivity (Wildman–Crippen MR) is 66.2 cm³/mol. The van der Waals surface area contributed by atoms with Gasteiger partial charge in [-0.2, -0.15) is 0 Å². The maximum absolute atomic E-state index is 5.18. The van der Waals surface area contributed by atoms with Crippen LogP contribution in [-0.4, -0.2) is 21.6 Å². The lowest BCUT2D eigenvalue weighted by atomic mass is 10.2. The zero-order valence-electron chi connectivity index (χ0n) is 9.03. The van der Waals surface area contributed by atoms with Gasteiger partial charge in [0.15, 0.2) is 0 Å². The number of aryl methyl sites for hydroxylation is 2. The Hall–Kier alpha value is -1.42. The minimum Gasteiger partial charge on any atom is -0.379 e. The molecule has 4 heteroatoms. The van der Waals surface area contributed by atoms with Gasteiger partial charge in [-0.3, -0.25) is 0 Å². The van der Waals surface area contributed by atoms with Crippen molar-refractivity contribution in [3.8, 4) is 0 Å². The highest BCUT2D eigenvalue weighted by Crippen LogP contribution is 2.16. The molecule has 0 amide bonds. The second-order valence-corrected chi connectivity index (χ2v) is 3.91. The lowest BCUT2D eigenvalue weighted by molar-refractivity contribution is 0.886. The van der Waals surface area contributed by atoms with E-state index in [1.807, 2.05) is 39.2 Å². The van der Waals surface area contributed by atoms with Crippen molar-refractivity contribution >= 4 is 28.2 Å². The van der Waals surface area contributed by atoms with Crippen molar-refractivity contribution in [2.45, 2.75) is 6.92 Å². The van der Waals surface area contributed by atoms with Crippen LogP contribution >= 0.6 is 12.2 Å². The Balaban J connectivity index is 2.62. The first-order valence-corrected chi connectivity index (χ1v) is 5.19. The molecule has 1 heterocycles. The van der Waals surface area contributed by atoms with Gasteiger partial charge in [-0.1, -0.05) is 12.2 Å². The van der Waals surface area contributed by atoms with Crippen molar-refractivity contribution in [2.24, 2.45) is 7.05 Å². The molecule has 1 aromatic heterocycles. The van der Waals surface area contributed by atoms with Crippen LogP contribution in [0.25, 0.3) is 11.0 Å². The normalized spacial score (nSPS) is 10.6. The standard InChI is InChI=1S/C11H13N3S/c1-7-13-9-6-8(11(15)12-2)4-5-10(9)14(7)3/h4-6H,1-3H3,(H,12,15). The van der Waals surface area contributed by atoms with E-state index in [1.165, 1.54) is 0 Å². The topological polar surface area (TPSA) is 29.9 Å². The number of nitrogens with one attached hydrogen (secondary N) is 1. The predicted octanol–water partition coefficient (Wildman–Crippen LogP) is 1.78. The molecule has 78 valence electrons. The van der Waals surface area contributed by atoms with E-state index in [2.05, 4.69) is 14.9 Å². The molecule has 0 fully saturated rings. The number of thiocarbonyl (C=S) groups is 1. The lowest BCUT2D eigenvalue weighted by Crippen LogP contribution is -2.16. The smallest absolute Gasteiger partial charge is 0.106 e. The Morgan fingerprint density at radius 1 is 1.47 bits per heavy atom.